The van der Waals surface area contributed by atoms with Gasteiger partial charge in [-0.2, -0.15) is 0 Å². The van der Waals surface area contributed by atoms with Crippen LogP contribution < -0.4 is 0 Å². The predicted octanol–water partition coefficient (Wildman–Crippen LogP) is 1.10. The lowest BCUT2D eigenvalue weighted by Gasteiger charge is -2.31. The van der Waals surface area contributed by atoms with Gasteiger partial charge in [0.25, 0.3) is 0 Å². The average Bonchev–Trinajstić information content (AvgIpc) is 2.90. The third-order valence-electron chi connectivity index (χ3n) is 4.63. The van der Waals surface area contributed by atoms with Crippen molar-refractivity contribution in [3.63, 3.8) is 0 Å². The van der Waals surface area contributed by atoms with Gasteiger partial charge >= 0.3 is 5.97 Å². The Kier molecular flexibility index (Phi) is 2.44. The van der Waals surface area contributed by atoms with E-state index in [0.717, 1.165) is 25.9 Å². The highest BCUT2D eigenvalue weighted by atomic mass is 16.5. The molecule has 1 N–H and O–H groups in total. The number of rotatable bonds is 2. The summed E-state index contributed by atoms with van der Waals surface area (Å²) in [7, 11) is 0. The van der Waals surface area contributed by atoms with Gasteiger partial charge in [0, 0.05) is 24.7 Å². The molecule has 4 nitrogen and oxygen atoms in total. The van der Waals surface area contributed by atoms with Gasteiger partial charge in [-0.15, -0.1) is 0 Å². The summed E-state index contributed by atoms with van der Waals surface area (Å²) in [6, 6.07) is 1.23. The Labute approximate surface area is 95.6 Å². The van der Waals surface area contributed by atoms with Gasteiger partial charge < -0.3 is 9.84 Å². The van der Waals surface area contributed by atoms with E-state index in [9.17, 15) is 9.90 Å². The minimum Gasteiger partial charge on any atom is -0.481 e. The van der Waals surface area contributed by atoms with Crippen LogP contribution in [0.5, 0.6) is 0 Å². The zero-order valence-electron chi connectivity index (χ0n) is 9.63. The molecule has 0 spiro atoms. The summed E-state index contributed by atoms with van der Waals surface area (Å²) >= 11 is 0. The van der Waals surface area contributed by atoms with Crippen LogP contribution >= 0.6 is 0 Å². The Balaban J connectivity index is 1.79. The molecule has 0 aromatic heterocycles. The van der Waals surface area contributed by atoms with Gasteiger partial charge in [0.05, 0.1) is 12.0 Å². The van der Waals surface area contributed by atoms with Crippen LogP contribution in [-0.4, -0.2) is 46.8 Å². The maximum Gasteiger partial charge on any atom is 0.308 e. The van der Waals surface area contributed by atoms with Crippen molar-refractivity contribution in [2.75, 3.05) is 6.61 Å². The van der Waals surface area contributed by atoms with Crippen molar-refractivity contribution < 1.29 is 14.6 Å². The third-order valence-corrected chi connectivity index (χ3v) is 4.63. The lowest BCUT2D eigenvalue weighted by Crippen LogP contribution is -2.44. The van der Waals surface area contributed by atoms with E-state index in [1.165, 1.54) is 6.42 Å². The van der Waals surface area contributed by atoms with Crippen molar-refractivity contribution >= 4 is 5.97 Å². The van der Waals surface area contributed by atoms with Crippen molar-refractivity contribution in [1.82, 2.24) is 4.90 Å². The van der Waals surface area contributed by atoms with E-state index in [1.807, 2.05) is 0 Å². The second-order valence-electron chi connectivity index (χ2n) is 5.36. The fourth-order valence-electron chi connectivity index (χ4n) is 3.92. The minimum absolute atomic E-state index is 0.133. The molecule has 0 aliphatic carbocycles. The summed E-state index contributed by atoms with van der Waals surface area (Å²) in [5.74, 6) is -0.740. The lowest BCUT2D eigenvalue weighted by molar-refractivity contribution is -0.142. The smallest absolute Gasteiger partial charge is 0.308 e. The first kappa shape index (κ1) is 10.5. The second kappa shape index (κ2) is 3.70. The summed E-state index contributed by atoms with van der Waals surface area (Å²) in [5.41, 5.74) is 0. The molecule has 2 bridgehead atoms. The van der Waals surface area contributed by atoms with Crippen molar-refractivity contribution in [1.29, 1.82) is 0 Å². The van der Waals surface area contributed by atoms with E-state index in [4.69, 9.17) is 4.74 Å². The van der Waals surface area contributed by atoms with Gasteiger partial charge in [-0.25, -0.2) is 0 Å². The summed E-state index contributed by atoms with van der Waals surface area (Å²) in [6.45, 7) is 2.95. The fraction of sp³-hybridized carbons (Fsp3) is 0.917. The molecule has 0 radical (unpaired) electrons. The van der Waals surface area contributed by atoms with Gasteiger partial charge in [-0.1, -0.05) is 0 Å². The fourth-order valence-corrected chi connectivity index (χ4v) is 3.92. The van der Waals surface area contributed by atoms with E-state index < -0.39 is 5.97 Å². The molecule has 0 aromatic carbocycles. The molecule has 0 saturated carbocycles. The maximum atomic E-state index is 11.2. The molecule has 3 rings (SSSR count). The molecule has 0 amide bonds. The Bertz CT molecular complexity index is 307. The van der Waals surface area contributed by atoms with Crippen molar-refractivity contribution in [2.24, 2.45) is 5.92 Å². The SMILES string of the molecule is CC1OCCC1N1C2CCC1C(C(=O)O)C2. The van der Waals surface area contributed by atoms with Crippen LogP contribution in [0.25, 0.3) is 0 Å². The minimum atomic E-state index is -0.608. The number of hydrogen-bond donors (Lipinski definition) is 1. The molecule has 3 heterocycles. The summed E-state index contributed by atoms with van der Waals surface area (Å²) in [4.78, 5) is 13.6. The topological polar surface area (TPSA) is 49.8 Å². The molecule has 16 heavy (non-hydrogen) atoms. The van der Waals surface area contributed by atoms with Gasteiger partial charge in [0.2, 0.25) is 0 Å². The number of carboxylic acids is 1. The molecule has 3 fully saturated rings. The number of nitrogens with zero attached hydrogens (tertiary/aromatic N) is 1. The molecular weight excluding hydrogens is 206 g/mol. The first-order valence-electron chi connectivity index (χ1n) is 6.30. The largest absolute Gasteiger partial charge is 0.481 e. The Morgan fingerprint density at radius 2 is 2.12 bits per heavy atom. The molecule has 90 valence electrons. The quantitative estimate of drug-likeness (QED) is 0.764. The lowest BCUT2D eigenvalue weighted by atomic mass is 9.89. The zero-order chi connectivity index (χ0) is 11.3. The Morgan fingerprint density at radius 3 is 2.69 bits per heavy atom. The Hall–Kier alpha value is -0.610. The average molecular weight is 225 g/mol. The molecule has 3 aliphatic rings. The molecule has 5 atom stereocenters. The van der Waals surface area contributed by atoms with Crippen LogP contribution in [0.4, 0.5) is 0 Å². The van der Waals surface area contributed by atoms with Gasteiger partial charge in [0.15, 0.2) is 0 Å². The summed E-state index contributed by atoms with van der Waals surface area (Å²) < 4.78 is 5.61. The van der Waals surface area contributed by atoms with Crippen LogP contribution in [0.2, 0.25) is 0 Å². The first-order chi connectivity index (χ1) is 7.68. The van der Waals surface area contributed by atoms with E-state index >= 15 is 0 Å². The number of ether oxygens (including phenoxy) is 1. The van der Waals surface area contributed by atoms with Crippen LogP contribution in [0.1, 0.15) is 32.6 Å². The number of aliphatic carboxylic acids is 1. The predicted molar refractivity (Wildman–Crippen MR) is 58.2 cm³/mol. The highest BCUT2D eigenvalue weighted by Gasteiger charge is 2.53. The molecule has 5 unspecified atom stereocenters. The molecule has 4 heteroatoms. The molecule has 3 aliphatic heterocycles. The standard InChI is InChI=1S/C12H19NO3/c1-7-10(4-5-16-7)13-8-2-3-11(13)9(6-8)12(14)15/h7-11H,2-6H2,1H3,(H,14,15). The van der Waals surface area contributed by atoms with Gasteiger partial charge in [0.1, 0.15) is 0 Å². The first-order valence-corrected chi connectivity index (χ1v) is 6.30. The summed E-state index contributed by atoms with van der Waals surface area (Å²) in [5, 5.41) is 9.20. The van der Waals surface area contributed by atoms with Crippen molar-refractivity contribution in [3.05, 3.63) is 0 Å². The van der Waals surface area contributed by atoms with Crippen LogP contribution in [0, 0.1) is 5.92 Å². The van der Waals surface area contributed by atoms with E-state index in [2.05, 4.69) is 11.8 Å². The highest BCUT2D eigenvalue weighted by molar-refractivity contribution is 5.71. The number of hydrogen-bond acceptors (Lipinski definition) is 3. The van der Waals surface area contributed by atoms with Crippen LogP contribution in [0.3, 0.4) is 0 Å². The van der Waals surface area contributed by atoms with Crippen molar-refractivity contribution in [3.8, 4) is 0 Å². The maximum absolute atomic E-state index is 11.2. The molecule has 0 aromatic rings. The van der Waals surface area contributed by atoms with E-state index in [1.54, 1.807) is 0 Å². The van der Waals surface area contributed by atoms with Gasteiger partial charge in [-0.3, -0.25) is 9.69 Å². The van der Waals surface area contributed by atoms with E-state index in [0.29, 0.717) is 12.1 Å². The monoisotopic (exact) mass is 225 g/mol. The normalized spacial score (nSPS) is 47.7. The summed E-state index contributed by atoms with van der Waals surface area (Å²) in [6.07, 6.45) is 4.43. The van der Waals surface area contributed by atoms with Gasteiger partial charge in [-0.05, 0) is 32.6 Å². The second-order valence-corrected chi connectivity index (χ2v) is 5.36. The number of carboxylic acid groups (broad SMARTS) is 1. The molecular formula is C12H19NO3. The zero-order valence-corrected chi connectivity index (χ0v) is 9.63. The van der Waals surface area contributed by atoms with Crippen molar-refractivity contribution in [2.45, 2.75) is 56.8 Å². The molecule has 3 saturated heterocycles. The van der Waals surface area contributed by atoms with Crippen LogP contribution in [0.15, 0.2) is 0 Å². The highest BCUT2D eigenvalue weighted by Crippen LogP contribution is 2.45. The third kappa shape index (κ3) is 1.39. The van der Waals surface area contributed by atoms with Crippen LogP contribution in [-0.2, 0) is 9.53 Å². The Morgan fingerprint density at radius 1 is 1.31 bits per heavy atom. The number of fused-ring (bicyclic) bond motifs is 2. The van der Waals surface area contributed by atoms with E-state index in [-0.39, 0.29) is 18.1 Å². The number of carbonyl (C=O) groups is 1.